The second kappa shape index (κ2) is 4.95. The zero-order valence-electron chi connectivity index (χ0n) is 7.96. The van der Waals surface area contributed by atoms with E-state index in [1.54, 1.807) is 0 Å². The molecule has 0 heterocycles. The van der Waals surface area contributed by atoms with Crippen LogP contribution in [-0.2, 0) is 0 Å². The van der Waals surface area contributed by atoms with Gasteiger partial charge in [0.2, 0.25) is 0 Å². The first-order chi connectivity index (χ1) is 5.06. The van der Waals surface area contributed by atoms with E-state index < -0.39 is 0 Å². The van der Waals surface area contributed by atoms with Gasteiger partial charge in [0.25, 0.3) is 0 Å². The Hall–Kier alpha value is -0.780. The molecule has 0 N–H and O–H groups in total. The summed E-state index contributed by atoms with van der Waals surface area (Å²) in [6.45, 7) is 8.57. The molecule has 0 fully saturated rings. The van der Waals surface area contributed by atoms with Crippen molar-refractivity contribution < 1.29 is 0 Å². The Kier molecular flexibility index (Phi) is 4.60. The molecule has 0 saturated carbocycles. The van der Waals surface area contributed by atoms with Crippen LogP contribution in [0.5, 0.6) is 0 Å². The maximum absolute atomic E-state index is 2.19. The Bertz CT molecular complexity index is 163. The van der Waals surface area contributed by atoms with Crippen LogP contribution in [-0.4, -0.2) is 0 Å². The van der Waals surface area contributed by atoms with E-state index in [-0.39, 0.29) is 0 Å². The first-order valence-electron chi connectivity index (χ1n) is 4.03. The Balaban J connectivity index is 3.78. The number of hydrogen-bond donors (Lipinski definition) is 0. The van der Waals surface area contributed by atoms with E-state index in [9.17, 15) is 0 Å². The third-order valence-corrected chi connectivity index (χ3v) is 1.12. The lowest BCUT2D eigenvalue weighted by Crippen LogP contribution is -1.97. The zero-order valence-corrected chi connectivity index (χ0v) is 7.96. The number of rotatable bonds is 2. The van der Waals surface area contributed by atoms with Crippen molar-refractivity contribution >= 4 is 0 Å². The highest BCUT2D eigenvalue weighted by Gasteiger charge is 2.01. The SMILES string of the molecule is C/C=C/C=C/C=C/C(C)(C)C. The standard InChI is InChI=1S/C11H18/c1-5-6-7-8-9-10-11(2,3)4/h5-10H,1-4H3/b6-5+,8-7+,10-9+. The van der Waals surface area contributed by atoms with Gasteiger partial charge in [-0.05, 0) is 12.3 Å². The highest BCUT2D eigenvalue weighted by Crippen LogP contribution is 2.13. The van der Waals surface area contributed by atoms with Crippen molar-refractivity contribution in [2.45, 2.75) is 27.7 Å². The zero-order chi connectivity index (χ0) is 8.74. The maximum atomic E-state index is 2.19. The quantitative estimate of drug-likeness (QED) is 0.526. The van der Waals surface area contributed by atoms with Gasteiger partial charge in [0.1, 0.15) is 0 Å². The Labute approximate surface area is 70.3 Å². The molecule has 0 aliphatic carbocycles. The number of allylic oxidation sites excluding steroid dienone is 6. The van der Waals surface area contributed by atoms with Gasteiger partial charge in [-0.2, -0.15) is 0 Å². The van der Waals surface area contributed by atoms with Gasteiger partial charge in [0, 0.05) is 0 Å². The molecule has 62 valence electrons. The molecule has 0 aliphatic heterocycles. The molecule has 0 unspecified atom stereocenters. The van der Waals surface area contributed by atoms with Crippen molar-refractivity contribution in [3.63, 3.8) is 0 Å². The minimum atomic E-state index is 0.292. The smallest absolute Gasteiger partial charge is 0.0200 e. The molecule has 0 aromatic carbocycles. The fraction of sp³-hybridized carbons (Fsp3) is 0.455. The minimum absolute atomic E-state index is 0.292. The molecule has 0 amide bonds. The van der Waals surface area contributed by atoms with Crippen LogP contribution in [0.25, 0.3) is 0 Å². The van der Waals surface area contributed by atoms with Crippen LogP contribution in [0.1, 0.15) is 27.7 Å². The van der Waals surface area contributed by atoms with Crippen LogP contribution in [0.15, 0.2) is 36.5 Å². The summed E-state index contributed by atoms with van der Waals surface area (Å²) in [4.78, 5) is 0. The summed E-state index contributed by atoms with van der Waals surface area (Å²) >= 11 is 0. The van der Waals surface area contributed by atoms with Crippen LogP contribution in [0.4, 0.5) is 0 Å². The van der Waals surface area contributed by atoms with Gasteiger partial charge in [-0.3, -0.25) is 0 Å². The van der Waals surface area contributed by atoms with Crippen LogP contribution in [0.3, 0.4) is 0 Å². The third-order valence-electron chi connectivity index (χ3n) is 1.12. The molecule has 0 aromatic heterocycles. The predicted molar refractivity (Wildman–Crippen MR) is 52.5 cm³/mol. The second-order valence-corrected chi connectivity index (χ2v) is 3.64. The normalized spacial score (nSPS) is 14.2. The first kappa shape index (κ1) is 10.2. The molecule has 0 spiro atoms. The molecular weight excluding hydrogens is 132 g/mol. The first-order valence-corrected chi connectivity index (χ1v) is 4.03. The lowest BCUT2D eigenvalue weighted by Gasteiger charge is -2.09. The molecule has 11 heavy (non-hydrogen) atoms. The summed E-state index contributed by atoms with van der Waals surface area (Å²) in [5.74, 6) is 0. The van der Waals surface area contributed by atoms with E-state index in [4.69, 9.17) is 0 Å². The van der Waals surface area contributed by atoms with E-state index in [1.165, 1.54) is 0 Å². The van der Waals surface area contributed by atoms with Crippen molar-refractivity contribution in [2.24, 2.45) is 5.41 Å². The van der Waals surface area contributed by atoms with Crippen LogP contribution < -0.4 is 0 Å². The monoisotopic (exact) mass is 150 g/mol. The van der Waals surface area contributed by atoms with E-state index >= 15 is 0 Å². The molecule has 0 saturated heterocycles. The van der Waals surface area contributed by atoms with Gasteiger partial charge in [0.05, 0.1) is 0 Å². The minimum Gasteiger partial charge on any atom is -0.0877 e. The van der Waals surface area contributed by atoms with Gasteiger partial charge in [0.15, 0.2) is 0 Å². The summed E-state index contributed by atoms with van der Waals surface area (Å²) in [7, 11) is 0. The molecule has 0 heteroatoms. The fourth-order valence-electron chi connectivity index (χ4n) is 0.584. The molecule has 0 aliphatic rings. The average Bonchev–Trinajstić information content (AvgIpc) is 1.85. The maximum Gasteiger partial charge on any atom is -0.0200 e. The topological polar surface area (TPSA) is 0 Å². The summed E-state index contributed by atoms with van der Waals surface area (Å²) < 4.78 is 0. The fourth-order valence-corrected chi connectivity index (χ4v) is 0.584. The molecule has 0 rings (SSSR count). The molecule has 0 radical (unpaired) electrons. The summed E-state index contributed by atoms with van der Waals surface area (Å²) in [5, 5.41) is 0. The van der Waals surface area contributed by atoms with E-state index in [0.29, 0.717) is 5.41 Å². The van der Waals surface area contributed by atoms with Crippen molar-refractivity contribution in [1.82, 2.24) is 0 Å². The van der Waals surface area contributed by atoms with Gasteiger partial charge in [-0.25, -0.2) is 0 Å². The highest BCUT2D eigenvalue weighted by atomic mass is 14.1. The van der Waals surface area contributed by atoms with Crippen LogP contribution in [0, 0.1) is 5.41 Å². The summed E-state index contributed by atoms with van der Waals surface area (Å²) in [6.07, 6.45) is 12.4. The largest absolute Gasteiger partial charge is 0.0877 e. The van der Waals surface area contributed by atoms with Crippen molar-refractivity contribution in [3.8, 4) is 0 Å². The van der Waals surface area contributed by atoms with Crippen LogP contribution >= 0.6 is 0 Å². The van der Waals surface area contributed by atoms with Gasteiger partial charge in [-0.15, -0.1) is 0 Å². The summed E-state index contributed by atoms with van der Waals surface area (Å²) in [6, 6.07) is 0. The van der Waals surface area contributed by atoms with E-state index in [0.717, 1.165) is 0 Å². The van der Waals surface area contributed by atoms with E-state index in [1.807, 2.05) is 31.2 Å². The van der Waals surface area contributed by atoms with Gasteiger partial charge >= 0.3 is 0 Å². The molecule has 0 aromatic rings. The predicted octanol–water partition coefficient (Wildman–Crippen LogP) is 3.72. The molecule has 0 nitrogen and oxygen atoms in total. The average molecular weight is 150 g/mol. The summed E-state index contributed by atoms with van der Waals surface area (Å²) in [5.41, 5.74) is 0.292. The number of hydrogen-bond acceptors (Lipinski definition) is 0. The lowest BCUT2D eigenvalue weighted by molar-refractivity contribution is 0.544. The van der Waals surface area contributed by atoms with Gasteiger partial charge in [-0.1, -0.05) is 57.2 Å². The van der Waals surface area contributed by atoms with E-state index in [2.05, 4.69) is 32.9 Å². The van der Waals surface area contributed by atoms with Crippen molar-refractivity contribution in [3.05, 3.63) is 36.5 Å². The molecular formula is C11H18. The van der Waals surface area contributed by atoms with Crippen LogP contribution in [0.2, 0.25) is 0 Å². The van der Waals surface area contributed by atoms with Crippen molar-refractivity contribution in [2.75, 3.05) is 0 Å². The Morgan fingerprint density at radius 2 is 1.36 bits per heavy atom. The highest BCUT2D eigenvalue weighted by molar-refractivity contribution is 5.12. The van der Waals surface area contributed by atoms with Crippen molar-refractivity contribution in [1.29, 1.82) is 0 Å². The van der Waals surface area contributed by atoms with Gasteiger partial charge < -0.3 is 0 Å². The lowest BCUT2D eigenvalue weighted by atomic mass is 9.96. The second-order valence-electron chi connectivity index (χ2n) is 3.64. The Morgan fingerprint density at radius 1 is 0.818 bits per heavy atom. The molecule has 0 bridgehead atoms. The Morgan fingerprint density at radius 3 is 1.82 bits per heavy atom. The molecule has 0 atom stereocenters. The third kappa shape index (κ3) is 9.22.